The zero-order valence-corrected chi connectivity index (χ0v) is 19.4. The molecule has 4 rings (SSSR count). The van der Waals surface area contributed by atoms with Gasteiger partial charge in [-0.05, 0) is 25.0 Å². The molecule has 0 fully saturated rings. The van der Waals surface area contributed by atoms with Crippen LogP contribution < -0.4 is 10.4 Å². The van der Waals surface area contributed by atoms with E-state index in [1.807, 2.05) is 11.9 Å². The molecule has 9 nitrogen and oxygen atoms in total. The van der Waals surface area contributed by atoms with Crippen molar-refractivity contribution in [2.24, 2.45) is 0 Å². The molecule has 0 bridgehead atoms. The zero-order valence-electron chi connectivity index (χ0n) is 18.6. The Morgan fingerprint density at radius 2 is 2.03 bits per heavy atom. The van der Waals surface area contributed by atoms with Gasteiger partial charge in [-0.1, -0.05) is 17.4 Å². The lowest BCUT2D eigenvalue weighted by Gasteiger charge is -2.39. The molecule has 0 atom stereocenters. The smallest absolute Gasteiger partial charge is 0.277 e. The van der Waals surface area contributed by atoms with Crippen LogP contribution in [0.15, 0.2) is 29.2 Å². The summed E-state index contributed by atoms with van der Waals surface area (Å²) in [6, 6.07) is 3.28. The second-order valence-corrected chi connectivity index (χ2v) is 8.77. The van der Waals surface area contributed by atoms with E-state index in [1.165, 1.54) is 16.9 Å². The van der Waals surface area contributed by atoms with Crippen LogP contribution in [0, 0.1) is 11.6 Å². The summed E-state index contributed by atoms with van der Waals surface area (Å²) in [5, 5.41) is 21.2. The average molecular weight is 492 g/mol. The maximum absolute atomic E-state index is 14.0. The molecule has 2 aromatic heterocycles. The molecule has 3 heterocycles. The van der Waals surface area contributed by atoms with Crippen molar-refractivity contribution in [1.82, 2.24) is 19.8 Å². The first-order valence-electron chi connectivity index (χ1n) is 10.6. The van der Waals surface area contributed by atoms with Crippen LogP contribution >= 0.6 is 11.3 Å². The van der Waals surface area contributed by atoms with Gasteiger partial charge in [0.1, 0.15) is 23.3 Å². The highest BCUT2D eigenvalue weighted by atomic mass is 32.1. The number of nitrogens with zero attached hydrogens (tertiary/aromatic N) is 5. The number of hydrogen-bond acceptors (Lipinski definition) is 8. The summed E-state index contributed by atoms with van der Waals surface area (Å²) in [4.78, 5) is 27.5. The molecule has 1 aliphatic rings. The van der Waals surface area contributed by atoms with E-state index >= 15 is 0 Å². The van der Waals surface area contributed by atoms with Crippen molar-refractivity contribution < 1.29 is 23.4 Å². The van der Waals surface area contributed by atoms with Crippen LogP contribution in [0.5, 0.6) is 5.75 Å². The Hall–Kier alpha value is -3.38. The van der Waals surface area contributed by atoms with Gasteiger partial charge in [-0.15, -0.1) is 10.2 Å². The van der Waals surface area contributed by atoms with Gasteiger partial charge in [0.25, 0.3) is 5.91 Å². The molecule has 3 aromatic rings. The third-order valence-corrected chi connectivity index (χ3v) is 6.45. The number of hydrogen-bond donors (Lipinski definition) is 1. The summed E-state index contributed by atoms with van der Waals surface area (Å²) in [6.07, 6.45) is 2.15. The van der Waals surface area contributed by atoms with Gasteiger partial charge in [-0.3, -0.25) is 19.3 Å². The zero-order chi connectivity index (χ0) is 24.4. The number of fused-ring (bicyclic) bond motifs is 1. The van der Waals surface area contributed by atoms with Crippen LogP contribution in [0.25, 0.3) is 10.6 Å². The number of pyridine rings is 1. The Kier molecular flexibility index (Phi) is 6.89. The summed E-state index contributed by atoms with van der Waals surface area (Å²) < 4.78 is 33.7. The Morgan fingerprint density at radius 3 is 2.74 bits per heavy atom. The van der Waals surface area contributed by atoms with Crippen molar-refractivity contribution in [2.75, 3.05) is 38.5 Å². The third-order valence-electron chi connectivity index (χ3n) is 5.49. The van der Waals surface area contributed by atoms with Crippen molar-refractivity contribution >= 4 is 17.2 Å². The Morgan fingerprint density at radius 1 is 1.24 bits per heavy atom. The molecule has 1 aliphatic heterocycles. The maximum Gasteiger partial charge on any atom is 0.277 e. The lowest BCUT2D eigenvalue weighted by Crippen LogP contribution is -2.54. The quantitative estimate of drug-likeness (QED) is 0.483. The van der Waals surface area contributed by atoms with E-state index < -0.39 is 28.7 Å². The number of methoxy groups -OCH3 is 1. The number of amides is 1. The molecule has 180 valence electrons. The molecule has 12 heteroatoms. The summed E-state index contributed by atoms with van der Waals surface area (Å²) in [6.45, 7) is 3.57. The minimum absolute atomic E-state index is 0.0675. The molecular formula is C22H23F2N5O4S. The fourth-order valence-corrected chi connectivity index (χ4v) is 4.60. The number of benzene rings is 1. The van der Waals surface area contributed by atoms with Crippen molar-refractivity contribution in [1.29, 1.82) is 0 Å². The second-order valence-electron chi connectivity index (χ2n) is 7.71. The largest absolute Gasteiger partial charge is 0.502 e. The first-order valence-corrected chi connectivity index (χ1v) is 11.4. The molecular weight excluding hydrogens is 468 g/mol. The topological polar surface area (TPSA) is 101 Å². The second kappa shape index (κ2) is 9.85. The van der Waals surface area contributed by atoms with E-state index in [-0.39, 0.29) is 34.9 Å². The maximum atomic E-state index is 14.0. The molecule has 0 radical (unpaired) electrons. The number of carbonyl (C=O) groups is 1. The first-order chi connectivity index (χ1) is 16.3. The van der Waals surface area contributed by atoms with Gasteiger partial charge in [0.05, 0.1) is 5.56 Å². The minimum Gasteiger partial charge on any atom is -0.502 e. The molecule has 34 heavy (non-hydrogen) atoms. The lowest BCUT2D eigenvalue weighted by molar-refractivity contribution is 0.0669. The fourth-order valence-electron chi connectivity index (χ4n) is 3.73. The minimum atomic E-state index is -0.745. The van der Waals surface area contributed by atoms with E-state index in [2.05, 4.69) is 10.2 Å². The SMILES string of the molecule is CCN1CN(CCCOC)C(=O)c2c(O)c(=O)c(-c3nnc(Cc4ccc(F)cc4F)s3)cn21. The summed E-state index contributed by atoms with van der Waals surface area (Å²) in [5.41, 5.74) is -0.545. The van der Waals surface area contributed by atoms with E-state index in [1.54, 1.807) is 12.0 Å². The van der Waals surface area contributed by atoms with Crippen LogP contribution in [0.2, 0.25) is 0 Å². The molecule has 0 unspecified atom stereocenters. The highest BCUT2D eigenvalue weighted by molar-refractivity contribution is 7.14. The van der Waals surface area contributed by atoms with Crippen molar-refractivity contribution in [3.05, 3.63) is 62.5 Å². The Bertz CT molecular complexity index is 1280. The van der Waals surface area contributed by atoms with Crippen LogP contribution in [0.3, 0.4) is 0 Å². The van der Waals surface area contributed by atoms with Gasteiger partial charge < -0.3 is 14.7 Å². The highest BCUT2D eigenvalue weighted by Crippen LogP contribution is 2.28. The van der Waals surface area contributed by atoms with Gasteiger partial charge in [0.2, 0.25) is 5.43 Å². The molecule has 1 N–H and O–H groups in total. The van der Waals surface area contributed by atoms with Gasteiger partial charge in [-0.2, -0.15) is 0 Å². The average Bonchev–Trinajstić information content (AvgIpc) is 3.27. The molecule has 0 aliphatic carbocycles. The van der Waals surface area contributed by atoms with Crippen LogP contribution in [0.4, 0.5) is 8.78 Å². The Balaban J connectivity index is 1.67. The molecule has 1 aromatic carbocycles. The van der Waals surface area contributed by atoms with Gasteiger partial charge in [-0.25, -0.2) is 8.78 Å². The number of rotatable bonds is 8. The molecule has 0 saturated carbocycles. The third kappa shape index (κ3) is 4.50. The van der Waals surface area contributed by atoms with Crippen LogP contribution in [0.1, 0.15) is 34.4 Å². The van der Waals surface area contributed by atoms with Gasteiger partial charge in [0, 0.05) is 45.5 Å². The predicted molar refractivity (Wildman–Crippen MR) is 122 cm³/mol. The van der Waals surface area contributed by atoms with E-state index in [9.17, 15) is 23.5 Å². The van der Waals surface area contributed by atoms with Crippen molar-refractivity contribution in [2.45, 2.75) is 19.8 Å². The van der Waals surface area contributed by atoms with E-state index in [0.717, 1.165) is 23.5 Å². The number of halogens is 2. The number of ether oxygens (including phenoxy) is 1. The van der Waals surface area contributed by atoms with Gasteiger partial charge in [0.15, 0.2) is 16.5 Å². The van der Waals surface area contributed by atoms with E-state index in [4.69, 9.17) is 4.74 Å². The Labute approximate surface area is 197 Å². The lowest BCUT2D eigenvalue weighted by atomic mass is 10.1. The number of aromatic hydroxyl groups is 1. The van der Waals surface area contributed by atoms with Gasteiger partial charge >= 0.3 is 0 Å². The monoisotopic (exact) mass is 491 g/mol. The number of aromatic nitrogens is 3. The summed E-state index contributed by atoms with van der Waals surface area (Å²) in [7, 11) is 1.58. The number of carbonyl (C=O) groups excluding carboxylic acids is 1. The van der Waals surface area contributed by atoms with Crippen LogP contribution in [-0.4, -0.2) is 64.3 Å². The van der Waals surface area contributed by atoms with Crippen molar-refractivity contribution in [3.63, 3.8) is 0 Å². The van der Waals surface area contributed by atoms with E-state index in [0.29, 0.717) is 31.1 Å². The fraction of sp³-hybridized carbons (Fsp3) is 0.364. The predicted octanol–water partition coefficient (Wildman–Crippen LogP) is 2.35. The summed E-state index contributed by atoms with van der Waals surface area (Å²) in [5.74, 6) is -2.50. The first kappa shape index (κ1) is 23.8. The standard InChI is InChI=1S/C22H23F2N5O4S/c1-3-28-12-27(7-4-8-33-2)22(32)18-20(31)19(30)15(11-29(18)28)21-26-25-17(34-21)9-13-5-6-14(23)10-16(13)24/h5-6,10-11,31H,3-4,7-9,12H2,1-2H3. The highest BCUT2D eigenvalue weighted by Gasteiger charge is 2.33. The normalized spacial score (nSPS) is 13.5. The van der Waals surface area contributed by atoms with Crippen molar-refractivity contribution in [3.8, 4) is 16.3 Å². The molecule has 0 spiro atoms. The molecule has 1 amide bonds. The summed E-state index contributed by atoms with van der Waals surface area (Å²) >= 11 is 1.06. The van der Waals surface area contributed by atoms with Crippen LogP contribution in [-0.2, 0) is 11.2 Å². The molecule has 0 saturated heterocycles.